The molecule has 6 heteroatoms. The van der Waals surface area contributed by atoms with Crippen LogP contribution in [-0.2, 0) is 4.79 Å². The van der Waals surface area contributed by atoms with Crippen LogP contribution >= 0.6 is 0 Å². The molecule has 0 saturated heterocycles. The van der Waals surface area contributed by atoms with E-state index in [-0.39, 0.29) is 23.3 Å². The Morgan fingerprint density at radius 2 is 1.65 bits per heavy atom. The summed E-state index contributed by atoms with van der Waals surface area (Å²) >= 11 is 0. The summed E-state index contributed by atoms with van der Waals surface area (Å²) in [5.41, 5.74) is 0.654. The van der Waals surface area contributed by atoms with E-state index in [1.165, 1.54) is 4.90 Å². The molecule has 0 radical (unpaired) electrons. The van der Waals surface area contributed by atoms with E-state index < -0.39 is 0 Å². The summed E-state index contributed by atoms with van der Waals surface area (Å²) in [5, 5.41) is 2.90. The monoisotopic (exact) mass is 318 g/mol. The molecule has 2 N–H and O–H groups in total. The van der Waals surface area contributed by atoms with Crippen molar-refractivity contribution in [3.63, 3.8) is 0 Å². The lowest BCUT2D eigenvalue weighted by molar-refractivity contribution is -0.870. The van der Waals surface area contributed by atoms with Crippen LogP contribution in [-0.4, -0.2) is 54.8 Å². The molecule has 0 aromatic heterocycles. The van der Waals surface area contributed by atoms with Gasteiger partial charge in [0.05, 0.1) is 31.3 Å². The maximum Gasteiger partial charge on any atom is 0.275 e. The Kier molecular flexibility index (Phi) is 4.85. The molecule has 0 spiro atoms. The summed E-state index contributed by atoms with van der Waals surface area (Å²) in [7, 11) is 1.88. The lowest BCUT2D eigenvalue weighted by Gasteiger charge is -2.22. The quantitative estimate of drug-likeness (QED) is 0.733. The van der Waals surface area contributed by atoms with E-state index in [0.717, 1.165) is 4.90 Å². The molecule has 1 aromatic carbocycles. The number of imide groups is 1. The van der Waals surface area contributed by atoms with Gasteiger partial charge in [0.1, 0.15) is 0 Å². The largest absolute Gasteiger partial charge is 0.347 e. The Bertz CT molecular complexity index is 599. The molecule has 1 aromatic rings. The second-order valence-corrected chi connectivity index (χ2v) is 6.99. The van der Waals surface area contributed by atoms with Crippen molar-refractivity contribution in [3.8, 4) is 0 Å². The van der Waals surface area contributed by atoms with Crippen LogP contribution in [0.4, 0.5) is 0 Å². The van der Waals surface area contributed by atoms with Crippen LogP contribution in [0.1, 0.15) is 41.5 Å². The minimum atomic E-state index is -0.264. The van der Waals surface area contributed by atoms with E-state index in [2.05, 4.69) is 5.32 Å². The Hall–Kier alpha value is -2.21. The van der Waals surface area contributed by atoms with Crippen molar-refractivity contribution in [1.82, 2.24) is 10.2 Å². The number of fused-ring (bicyclic) bond motifs is 1. The maximum atomic E-state index is 12.2. The third-order valence-corrected chi connectivity index (χ3v) is 3.62. The lowest BCUT2D eigenvalue weighted by atomic mass is 10.1. The van der Waals surface area contributed by atoms with Crippen molar-refractivity contribution < 1.29 is 19.3 Å². The fourth-order valence-corrected chi connectivity index (χ4v) is 2.57. The van der Waals surface area contributed by atoms with Gasteiger partial charge >= 0.3 is 0 Å². The number of carbonyl (C=O) groups is 3. The number of amides is 3. The van der Waals surface area contributed by atoms with Crippen LogP contribution < -0.4 is 10.2 Å². The highest BCUT2D eigenvalue weighted by atomic mass is 16.2. The van der Waals surface area contributed by atoms with Crippen LogP contribution in [0.2, 0.25) is 0 Å². The van der Waals surface area contributed by atoms with Gasteiger partial charge in [-0.15, -0.1) is 0 Å². The first kappa shape index (κ1) is 17.1. The zero-order chi connectivity index (χ0) is 17.2. The van der Waals surface area contributed by atoms with Gasteiger partial charge in [-0.05, 0) is 32.9 Å². The number of nitrogens with one attached hydrogen (secondary N) is 2. The molecular weight excluding hydrogens is 294 g/mol. The number of hydrogen-bond donors (Lipinski definition) is 2. The van der Waals surface area contributed by atoms with E-state index in [0.29, 0.717) is 30.8 Å². The maximum absolute atomic E-state index is 12.2. The van der Waals surface area contributed by atoms with Crippen molar-refractivity contribution in [2.75, 3.05) is 26.7 Å². The zero-order valence-corrected chi connectivity index (χ0v) is 14.1. The Balaban J connectivity index is 1.89. The van der Waals surface area contributed by atoms with Crippen LogP contribution in [0.3, 0.4) is 0 Å². The highest BCUT2D eigenvalue weighted by Gasteiger charge is 2.35. The van der Waals surface area contributed by atoms with Crippen molar-refractivity contribution in [2.45, 2.75) is 26.3 Å². The van der Waals surface area contributed by atoms with Crippen LogP contribution in [0.5, 0.6) is 0 Å². The molecule has 1 atom stereocenters. The zero-order valence-electron chi connectivity index (χ0n) is 14.1. The molecule has 124 valence electrons. The first-order valence-electron chi connectivity index (χ1n) is 7.76. The van der Waals surface area contributed by atoms with Gasteiger partial charge in [-0.1, -0.05) is 12.1 Å². The molecule has 0 fully saturated rings. The Morgan fingerprint density at radius 1 is 1.13 bits per heavy atom. The number of rotatable bonds is 5. The lowest BCUT2D eigenvalue weighted by Crippen LogP contribution is -3.11. The molecule has 1 unspecified atom stereocenters. The minimum absolute atomic E-state index is 0.0441. The molecule has 6 nitrogen and oxygen atoms in total. The second-order valence-electron chi connectivity index (χ2n) is 6.99. The Morgan fingerprint density at radius 3 is 2.13 bits per heavy atom. The average Bonchev–Trinajstić information content (AvgIpc) is 2.67. The van der Waals surface area contributed by atoms with E-state index in [9.17, 15) is 14.4 Å². The van der Waals surface area contributed by atoms with Gasteiger partial charge in [-0.2, -0.15) is 0 Å². The summed E-state index contributed by atoms with van der Waals surface area (Å²) in [6.07, 6.45) is 0. The van der Waals surface area contributed by atoms with Crippen LogP contribution in [0, 0.1) is 0 Å². The van der Waals surface area contributed by atoms with Crippen molar-refractivity contribution >= 4 is 17.7 Å². The molecular formula is C17H24N3O3+. The van der Waals surface area contributed by atoms with Gasteiger partial charge in [0, 0.05) is 5.54 Å². The van der Waals surface area contributed by atoms with Gasteiger partial charge in [0.2, 0.25) is 0 Å². The summed E-state index contributed by atoms with van der Waals surface area (Å²) in [6.45, 7) is 6.93. The first-order valence-corrected chi connectivity index (χ1v) is 7.76. The van der Waals surface area contributed by atoms with Crippen LogP contribution in [0.25, 0.3) is 0 Å². The number of nitrogens with zero attached hydrogens (tertiary/aromatic N) is 1. The van der Waals surface area contributed by atoms with Gasteiger partial charge in [-0.25, -0.2) is 0 Å². The molecule has 1 aliphatic rings. The number of benzene rings is 1. The van der Waals surface area contributed by atoms with Crippen molar-refractivity contribution in [2.24, 2.45) is 0 Å². The van der Waals surface area contributed by atoms with E-state index in [1.807, 2.05) is 27.8 Å². The fraction of sp³-hybridized carbons (Fsp3) is 0.471. The van der Waals surface area contributed by atoms with Crippen molar-refractivity contribution in [3.05, 3.63) is 35.4 Å². The van der Waals surface area contributed by atoms with E-state index in [1.54, 1.807) is 24.3 Å². The smallest absolute Gasteiger partial charge is 0.275 e. The van der Waals surface area contributed by atoms with Gasteiger partial charge < -0.3 is 10.2 Å². The number of likely N-dealkylation sites (N-methyl/N-ethyl adjacent to an activating group) is 1. The topological polar surface area (TPSA) is 70.9 Å². The SMILES string of the molecule is C[NH+](CCN1C(=O)c2ccccc2C1=O)CC(=O)NC(C)(C)C. The molecule has 1 heterocycles. The normalized spacial score (nSPS) is 15.6. The van der Waals surface area contributed by atoms with Gasteiger partial charge in [0.15, 0.2) is 6.54 Å². The molecule has 1 aliphatic heterocycles. The first-order chi connectivity index (χ1) is 10.7. The van der Waals surface area contributed by atoms with Crippen LogP contribution in [0.15, 0.2) is 24.3 Å². The molecule has 0 aliphatic carbocycles. The summed E-state index contributed by atoms with van der Waals surface area (Å²) < 4.78 is 0. The minimum Gasteiger partial charge on any atom is -0.347 e. The molecule has 3 amide bonds. The number of quaternary nitrogens is 1. The highest BCUT2D eigenvalue weighted by molar-refractivity contribution is 6.21. The predicted molar refractivity (Wildman–Crippen MR) is 86.3 cm³/mol. The van der Waals surface area contributed by atoms with E-state index in [4.69, 9.17) is 0 Å². The van der Waals surface area contributed by atoms with E-state index >= 15 is 0 Å². The average molecular weight is 318 g/mol. The number of carbonyl (C=O) groups excluding carboxylic acids is 3. The predicted octanol–water partition coefficient (Wildman–Crippen LogP) is -0.288. The highest BCUT2D eigenvalue weighted by Crippen LogP contribution is 2.21. The molecule has 0 bridgehead atoms. The second kappa shape index (κ2) is 6.50. The third kappa shape index (κ3) is 4.16. The standard InChI is InChI=1S/C17H23N3O3/c1-17(2,3)18-14(21)11-19(4)9-10-20-15(22)12-7-5-6-8-13(12)16(20)23/h5-8H,9-11H2,1-4H3,(H,18,21)/p+1. The summed E-state index contributed by atoms with van der Waals surface area (Å²) in [6, 6.07) is 6.84. The molecule has 0 saturated carbocycles. The number of hydrogen-bond acceptors (Lipinski definition) is 3. The molecule has 2 rings (SSSR count). The summed E-state index contributed by atoms with van der Waals surface area (Å²) in [5.74, 6) is -0.549. The molecule has 23 heavy (non-hydrogen) atoms. The third-order valence-electron chi connectivity index (χ3n) is 3.62. The summed E-state index contributed by atoms with van der Waals surface area (Å²) in [4.78, 5) is 38.6. The Labute approximate surface area is 136 Å². The van der Waals surface area contributed by atoms with Gasteiger partial charge in [0.25, 0.3) is 17.7 Å². The fourth-order valence-electron chi connectivity index (χ4n) is 2.57. The van der Waals surface area contributed by atoms with Gasteiger partial charge in [-0.3, -0.25) is 19.3 Å². The van der Waals surface area contributed by atoms with Crippen molar-refractivity contribution in [1.29, 1.82) is 0 Å².